The number of carbonyl (C=O) groups excluding carboxylic acids is 3. The molecule has 0 bridgehead atoms. The summed E-state index contributed by atoms with van der Waals surface area (Å²) in [6.45, 7) is 2.81. The molecule has 2 aromatic rings. The number of halogens is 4. The second-order valence-electron chi connectivity index (χ2n) is 6.75. The quantitative estimate of drug-likeness (QED) is 0.603. The zero-order valence-corrected chi connectivity index (χ0v) is 17.4. The van der Waals surface area contributed by atoms with Gasteiger partial charge in [-0.25, -0.2) is 0 Å². The third-order valence-corrected chi connectivity index (χ3v) is 4.34. The molecule has 2 aromatic carbocycles. The lowest BCUT2D eigenvalue weighted by molar-refractivity contribution is -0.153. The zero-order valence-electron chi connectivity index (χ0n) is 16.6. The van der Waals surface area contributed by atoms with Crippen molar-refractivity contribution in [3.8, 4) is 0 Å². The first-order valence-electron chi connectivity index (χ1n) is 9.20. The van der Waals surface area contributed by atoms with Crippen LogP contribution >= 0.6 is 11.6 Å². The van der Waals surface area contributed by atoms with E-state index in [1.54, 1.807) is 37.3 Å². The Kier molecular flexibility index (Phi) is 8.04. The Labute approximate surface area is 181 Å². The topological polar surface area (TPSA) is 84.5 Å². The van der Waals surface area contributed by atoms with Crippen molar-refractivity contribution in [3.63, 3.8) is 0 Å². The molecule has 2 N–H and O–H groups in total. The highest BCUT2D eigenvalue weighted by Gasteiger charge is 2.34. The molecular formula is C21H20ClF3N2O4. The number of esters is 1. The Bertz CT molecular complexity index is 951. The summed E-state index contributed by atoms with van der Waals surface area (Å²) in [6.07, 6.45) is -6.33. The number of nitrogens with one attached hydrogen (secondary N) is 2. The molecule has 0 heterocycles. The van der Waals surface area contributed by atoms with E-state index in [0.29, 0.717) is 11.6 Å². The summed E-state index contributed by atoms with van der Waals surface area (Å²) < 4.78 is 44.4. The van der Waals surface area contributed by atoms with Gasteiger partial charge in [0, 0.05) is 16.6 Å². The van der Waals surface area contributed by atoms with Gasteiger partial charge in [0.2, 0.25) is 0 Å². The van der Waals surface area contributed by atoms with E-state index in [2.05, 4.69) is 10.6 Å². The molecule has 0 aliphatic heterocycles. The van der Waals surface area contributed by atoms with Gasteiger partial charge >= 0.3 is 12.1 Å². The minimum absolute atomic E-state index is 0.142. The minimum atomic E-state index is -4.74. The zero-order chi connectivity index (χ0) is 23.2. The van der Waals surface area contributed by atoms with E-state index in [9.17, 15) is 27.6 Å². The summed E-state index contributed by atoms with van der Waals surface area (Å²) in [5.41, 5.74) is -1.21. The van der Waals surface area contributed by atoms with E-state index in [-0.39, 0.29) is 17.4 Å². The van der Waals surface area contributed by atoms with Crippen molar-refractivity contribution in [1.82, 2.24) is 5.32 Å². The molecular weight excluding hydrogens is 437 g/mol. The van der Waals surface area contributed by atoms with Crippen LogP contribution in [-0.4, -0.2) is 29.9 Å². The van der Waals surface area contributed by atoms with Gasteiger partial charge in [-0.05, 0) is 44.2 Å². The Morgan fingerprint density at radius 2 is 1.71 bits per heavy atom. The van der Waals surface area contributed by atoms with Crippen LogP contribution in [0.5, 0.6) is 0 Å². The molecule has 166 valence electrons. The van der Waals surface area contributed by atoms with Crippen molar-refractivity contribution in [2.75, 3.05) is 5.32 Å². The smallest absolute Gasteiger partial charge is 0.418 e. The number of alkyl halides is 3. The van der Waals surface area contributed by atoms with E-state index in [1.807, 2.05) is 0 Å². The van der Waals surface area contributed by atoms with Gasteiger partial charge in [0.25, 0.3) is 11.8 Å². The normalized spacial score (nSPS) is 13.1. The van der Waals surface area contributed by atoms with Crippen LogP contribution in [0.2, 0.25) is 5.02 Å². The molecule has 0 aromatic heterocycles. The van der Waals surface area contributed by atoms with Gasteiger partial charge in [0.1, 0.15) is 0 Å². The standard InChI is InChI=1S/C21H20ClF3N2O4/c1-12(26-20(30)14-6-4-3-5-7-14)10-18(28)31-13(2)19(29)27-17-9-8-15(22)11-16(17)21(23,24)25/h3-9,11-13H,10H2,1-2H3,(H,26,30)(H,27,29). The SMILES string of the molecule is CC(CC(=O)OC(C)C(=O)Nc1ccc(Cl)cc1C(F)(F)F)NC(=O)c1ccccc1. The number of hydrogen-bond acceptors (Lipinski definition) is 4. The Morgan fingerprint density at radius 1 is 1.06 bits per heavy atom. The molecule has 10 heteroatoms. The van der Waals surface area contributed by atoms with E-state index in [1.165, 1.54) is 13.0 Å². The third-order valence-electron chi connectivity index (χ3n) is 4.11. The molecule has 6 nitrogen and oxygen atoms in total. The average Bonchev–Trinajstić information content (AvgIpc) is 2.68. The first kappa shape index (κ1) is 24.2. The highest BCUT2D eigenvalue weighted by atomic mass is 35.5. The van der Waals surface area contributed by atoms with Gasteiger partial charge in [-0.3, -0.25) is 14.4 Å². The van der Waals surface area contributed by atoms with Crippen molar-refractivity contribution in [1.29, 1.82) is 0 Å². The van der Waals surface area contributed by atoms with Crippen molar-refractivity contribution >= 4 is 35.1 Å². The van der Waals surface area contributed by atoms with Crippen molar-refractivity contribution in [3.05, 3.63) is 64.7 Å². The fourth-order valence-corrected chi connectivity index (χ4v) is 2.76. The summed E-state index contributed by atoms with van der Waals surface area (Å²) in [7, 11) is 0. The van der Waals surface area contributed by atoms with Crippen LogP contribution in [0.4, 0.5) is 18.9 Å². The Hall–Kier alpha value is -3.07. The van der Waals surface area contributed by atoms with Crippen LogP contribution in [-0.2, 0) is 20.5 Å². The lowest BCUT2D eigenvalue weighted by atomic mass is 10.1. The van der Waals surface area contributed by atoms with Crippen LogP contribution < -0.4 is 10.6 Å². The fourth-order valence-electron chi connectivity index (χ4n) is 2.59. The highest BCUT2D eigenvalue weighted by molar-refractivity contribution is 6.30. The fraction of sp³-hybridized carbons (Fsp3) is 0.286. The molecule has 0 fully saturated rings. The first-order chi connectivity index (χ1) is 14.5. The molecule has 0 aliphatic rings. The van der Waals surface area contributed by atoms with Gasteiger partial charge in [0.15, 0.2) is 6.10 Å². The van der Waals surface area contributed by atoms with Gasteiger partial charge in [-0.1, -0.05) is 29.8 Å². The van der Waals surface area contributed by atoms with Crippen LogP contribution in [0.25, 0.3) is 0 Å². The second kappa shape index (κ2) is 10.3. The Morgan fingerprint density at radius 3 is 2.32 bits per heavy atom. The number of hydrogen-bond donors (Lipinski definition) is 2. The number of benzene rings is 2. The summed E-state index contributed by atoms with van der Waals surface area (Å²) in [6, 6.07) is 10.7. The van der Waals surface area contributed by atoms with Crippen molar-refractivity contribution < 1.29 is 32.3 Å². The van der Waals surface area contributed by atoms with E-state index in [0.717, 1.165) is 6.07 Å². The molecule has 0 saturated heterocycles. The number of carbonyl (C=O) groups is 3. The summed E-state index contributed by atoms with van der Waals surface area (Å²) in [4.78, 5) is 36.3. The molecule has 2 unspecified atom stereocenters. The number of anilines is 1. The monoisotopic (exact) mass is 456 g/mol. The van der Waals surface area contributed by atoms with Crippen LogP contribution in [0.3, 0.4) is 0 Å². The van der Waals surface area contributed by atoms with Crippen molar-refractivity contribution in [2.24, 2.45) is 0 Å². The maximum atomic E-state index is 13.1. The summed E-state index contributed by atoms with van der Waals surface area (Å²) in [5, 5.41) is 4.57. The summed E-state index contributed by atoms with van der Waals surface area (Å²) in [5.74, 6) is -2.12. The highest BCUT2D eigenvalue weighted by Crippen LogP contribution is 2.36. The van der Waals surface area contributed by atoms with Gasteiger partial charge < -0.3 is 15.4 Å². The molecule has 2 amide bonds. The number of rotatable bonds is 7. The van der Waals surface area contributed by atoms with Crippen LogP contribution in [0.15, 0.2) is 48.5 Å². The molecule has 0 saturated carbocycles. The Balaban J connectivity index is 1.91. The molecule has 2 rings (SSSR count). The van der Waals surface area contributed by atoms with Gasteiger partial charge in [0.05, 0.1) is 17.7 Å². The first-order valence-corrected chi connectivity index (χ1v) is 9.58. The lowest BCUT2D eigenvalue weighted by Gasteiger charge is -2.18. The number of amides is 2. The van der Waals surface area contributed by atoms with E-state index >= 15 is 0 Å². The van der Waals surface area contributed by atoms with Crippen LogP contribution in [0.1, 0.15) is 36.2 Å². The van der Waals surface area contributed by atoms with Crippen LogP contribution in [0, 0.1) is 0 Å². The average molecular weight is 457 g/mol. The predicted molar refractivity (Wildman–Crippen MR) is 109 cm³/mol. The summed E-state index contributed by atoms with van der Waals surface area (Å²) >= 11 is 5.60. The predicted octanol–water partition coefficient (Wildman–Crippen LogP) is 4.44. The maximum Gasteiger partial charge on any atom is 0.418 e. The molecule has 31 heavy (non-hydrogen) atoms. The third kappa shape index (κ3) is 7.29. The largest absolute Gasteiger partial charge is 0.452 e. The molecule has 2 atom stereocenters. The lowest BCUT2D eigenvalue weighted by Crippen LogP contribution is -2.36. The second-order valence-corrected chi connectivity index (χ2v) is 7.19. The maximum absolute atomic E-state index is 13.1. The van der Waals surface area contributed by atoms with E-state index < -0.39 is 41.4 Å². The molecule has 0 spiro atoms. The van der Waals surface area contributed by atoms with Crippen molar-refractivity contribution in [2.45, 2.75) is 38.6 Å². The van der Waals surface area contributed by atoms with Gasteiger partial charge in [-0.15, -0.1) is 0 Å². The molecule has 0 aliphatic carbocycles. The number of ether oxygens (including phenoxy) is 1. The van der Waals surface area contributed by atoms with E-state index in [4.69, 9.17) is 16.3 Å². The minimum Gasteiger partial charge on any atom is -0.452 e. The van der Waals surface area contributed by atoms with Gasteiger partial charge in [-0.2, -0.15) is 13.2 Å². The molecule has 0 radical (unpaired) electrons.